The number of amides is 1. The minimum atomic E-state index is -0.550. The van der Waals surface area contributed by atoms with Crippen LogP contribution in [0.3, 0.4) is 0 Å². The van der Waals surface area contributed by atoms with E-state index in [-0.39, 0.29) is 23.2 Å². The molecule has 1 aromatic rings. The van der Waals surface area contributed by atoms with Crippen molar-refractivity contribution in [2.75, 3.05) is 13.1 Å². The van der Waals surface area contributed by atoms with E-state index in [1.165, 1.54) is 18.2 Å². The zero-order valence-corrected chi connectivity index (χ0v) is 12.4. The van der Waals surface area contributed by atoms with Gasteiger partial charge in [0.05, 0.1) is 4.92 Å². The molecule has 114 valence electrons. The number of carbonyl (C=O) groups is 1. The van der Waals surface area contributed by atoms with Crippen molar-refractivity contribution in [3.63, 3.8) is 0 Å². The Morgan fingerprint density at radius 1 is 1.48 bits per heavy atom. The first-order chi connectivity index (χ1) is 10.0. The molecule has 1 unspecified atom stereocenters. The van der Waals surface area contributed by atoms with Crippen LogP contribution in [-0.4, -0.2) is 34.9 Å². The Bertz CT molecular complexity index is 548. The SMILES string of the molecule is NCCC1CCCCN1C(=O)c1cc(Cl)ccc1[N+](=O)[O-]. The topological polar surface area (TPSA) is 89.5 Å². The summed E-state index contributed by atoms with van der Waals surface area (Å²) in [6, 6.07) is 4.12. The van der Waals surface area contributed by atoms with Gasteiger partial charge in [-0.05, 0) is 44.4 Å². The normalized spacial score (nSPS) is 18.6. The Labute approximate surface area is 128 Å². The highest BCUT2D eigenvalue weighted by molar-refractivity contribution is 6.31. The fraction of sp³-hybridized carbons (Fsp3) is 0.500. The summed E-state index contributed by atoms with van der Waals surface area (Å²) in [6.07, 6.45) is 3.55. The molecule has 0 aliphatic carbocycles. The van der Waals surface area contributed by atoms with E-state index in [1.54, 1.807) is 4.90 Å². The maximum Gasteiger partial charge on any atom is 0.282 e. The van der Waals surface area contributed by atoms with E-state index in [1.807, 2.05) is 0 Å². The standard InChI is InChI=1S/C14H18ClN3O3/c15-10-4-5-13(18(20)21)12(9-10)14(19)17-8-2-1-3-11(17)6-7-16/h4-5,9,11H,1-3,6-8,16H2. The van der Waals surface area contributed by atoms with Crippen molar-refractivity contribution in [1.29, 1.82) is 0 Å². The summed E-state index contributed by atoms with van der Waals surface area (Å²) in [6.45, 7) is 1.10. The Morgan fingerprint density at radius 2 is 2.24 bits per heavy atom. The number of likely N-dealkylation sites (tertiary alicyclic amines) is 1. The lowest BCUT2D eigenvalue weighted by atomic mass is 9.98. The lowest BCUT2D eigenvalue weighted by Crippen LogP contribution is -2.44. The van der Waals surface area contributed by atoms with Crippen LogP contribution in [0.15, 0.2) is 18.2 Å². The Kier molecular flexibility index (Phi) is 5.14. The van der Waals surface area contributed by atoms with Gasteiger partial charge in [-0.2, -0.15) is 0 Å². The van der Waals surface area contributed by atoms with Crippen LogP contribution >= 0.6 is 11.6 Å². The van der Waals surface area contributed by atoms with Crippen LogP contribution in [0.2, 0.25) is 5.02 Å². The number of carbonyl (C=O) groups excluding carboxylic acids is 1. The highest BCUT2D eigenvalue weighted by Gasteiger charge is 2.31. The van der Waals surface area contributed by atoms with Crippen molar-refractivity contribution in [1.82, 2.24) is 4.90 Å². The average molecular weight is 312 g/mol. The number of hydrogen-bond donors (Lipinski definition) is 1. The average Bonchev–Trinajstić information content (AvgIpc) is 2.47. The van der Waals surface area contributed by atoms with Crippen LogP contribution in [0.1, 0.15) is 36.0 Å². The van der Waals surface area contributed by atoms with Crippen molar-refractivity contribution in [3.05, 3.63) is 38.9 Å². The first-order valence-electron chi connectivity index (χ1n) is 6.99. The predicted octanol–water partition coefficient (Wildman–Crippen LogP) is 2.59. The number of benzene rings is 1. The molecule has 6 nitrogen and oxygen atoms in total. The quantitative estimate of drug-likeness (QED) is 0.683. The molecule has 1 saturated heterocycles. The second-order valence-electron chi connectivity index (χ2n) is 5.14. The molecule has 1 aliphatic heterocycles. The van der Waals surface area contributed by atoms with Crippen LogP contribution in [0.5, 0.6) is 0 Å². The molecule has 1 aromatic carbocycles. The third-order valence-electron chi connectivity index (χ3n) is 3.77. The van der Waals surface area contributed by atoms with Gasteiger partial charge in [-0.15, -0.1) is 0 Å². The summed E-state index contributed by atoms with van der Waals surface area (Å²) in [7, 11) is 0. The molecule has 1 atom stereocenters. The van der Waals surface area contributed by atoms with Gasteiger partial charge in [0, 0.05) is 23.7 Å². The van der Waals surface area contributed by atoms with E-state index in [9.17, 15) is 14.9 Å². The summed E-state index contributed by atoms with van der Waals surface area (Å²) >= 11 is 5.89. The largest absolute Gasteiger partial charge is 0.335 e. The van der Waals surface area contributed by atoms with Crippen molar-refractivity contribution in [2.45, 2.75) is 31.7 Å². The molecule has 1 heterocycles. The van der Waals surface area contributed by atoms with Gasteiger partial charge in [0.1, 0.15) is 5.56 Å². The smallest absolute Gasteiger partial charge is 0.282 e. The molecular weight excluding hydrogens is 294 g/mol. The van der Waals surface area contributed by atoms with Gasteiger partial charge in [-0.1, -0.05) is 11.6 Å². The molecule has 0 spiro atoms. The number of nitro groups is 1. The van der Waals surface area contributed by atoms with Crippen molar-refractivity contribution in [2.24, 2.45) is 5.73 Å². The first kappa shape index (κ1) is 15.7. The van der Waals surface area contributed by atoms with E-state index in [2.05, 4.69) is 0 Å². The number of rotatable bonds is 4. The molecule has 7 heteroatoms. The van der Waals surface area contributed by atoms with E-state index >= 15 is 0 Å². The molecule has 1 aliphatic rings. The molecule has 2 rings (SSSR count). The number of halogens is 1. The second kappa shape index (κ2) is 6.87. The van der Waals surface area contributed by atoms with Crippen LogP contribution < -0.4 is 5.73 Å². The molecule has 1 amide bonds. The summed E-state index contributed by atoms with van der Waals surface area (Å²) in [5.74, 6) is -0.331. The Hall–Kier alpha value is -1.66. The fourth-order valence-corrected chi connectivity index (χ4v) is 2.93. The molecule has 0 saturated carbocycles. The van der Waals surface area contributed by atoms with E-state index in [0.717, 1.165) is 19.3 Å². The summed E-state index contributed by atoms with van der Waals surface area (Å²) in [4.78, 5) is 24.9. The zero-order chi connectivity index (χ0) is 15.4. The number of hydrogen-bond acceptors (Lipinski definition) is 4. The maximum atomic E-state index is 12.7. The lowest BCUT2D eigenvalue weighted by molar-refractivity contribution is -0.385. The zero-order valence-electron chi connectivity index (χ0n) is 11.6. The van der Waals surface area contributed by atoms with Crippen molar-refractivity contribution in [3.8, 4) is 0 Å². The molecular formula is C14H18ClN3O3. The third-order valence-corrected chi connectivity index (χ3v) is 4.01. The molecule has 2 N–H and O–H groups in total. The second-order valence-corrected chi connectivity index (χ2v) is 5.58. The summed E-state index contributed by atoms with van der Waals surface area (Å²) < 4.78 is 0. The number of nitrogens with zero attached hydrogens (tertiary/aromatic N) is 2. The Morgan fingerprint density at radius 3 is 2.90 bits per heavy atom. The van der Waals surface area contributed by atoms with Gasteiger partial charge in [0.2, 0.25) is 0 Å². The summed E-state index contributed by atoms with van der Waals surface area (Å²) in [5.41, 5.74) is 5.44. The summed E-state index contributed by atoms with van der Waals surface area (Å²) in [5, 5.41) is 11.4. The number of nitrogens with two attached hydrogens (primary N) is 1. The van der Waals surface area contributed by atoms with E-state index in [4.69, 9.17) is 17.3 Å². The molecule has 0 radical (unpaired) electrons. The van der Waals surface area contributed by atoms with Crippen LogP contribution in [0, 0.1) is 10.1 Å². The van der Waals surface area contributed by atoms with Gasteiger partial charge in [0.15, 0.2) is 0 Å². The predicted molar refractivity (Wildman–Crippen MR) is 80.5 cm³/mol. The monoisotopic (exact) mass is 311 g/mol. The van der Waals surface area contributed by atoms with Gasteiger partial charge in [0.25, 0.3) is 11.6 Å². The highest BCUT2D eigenvalue weighted by atomic mass is 35.5. The van der Waals surface area contributed by atoms with Gasteiger partial charge in [-0.3, -0.25) is 14.9 Å². The molecule has 0 bridgehead atoms. The number of nitro benzene ring substituents is 1. The lowest BCUT2D eigenvalue weighted by Gasteiger charge is -2.35. The maximum absolute atomic E-state index is 12.7. The van der Waals surface area contributed by atoms with Gasteiger partial charge < -0.3 is 10.6 Å². The minimum absolute atomic E-state index is 0.0508. The third kappa shape index (κ3) is 3.51. The Balaban J connectivity index is 2.33. The number of piperidine rings is 1. The van der Waals surface area contributed by atoms with Gasteiger partial charge in [-0.25, -0.2) is 0 Å². The molecule has 0 aromatic heterocycles. The fourth-order valence-electron chi connectivity index (χ4n) is 2.75. The first-order valence-corrected chi connectivity index (χ1v) is 7.37. The van der Waals surface area contributed by atoms with E-state index in [0.29, 0.717) is 24.5 Å². The minimum Gasteiger partial charge on any atom is -0.335 e. The van der Waals surface area contributed by atoms with Crippen LogP contribution in [-0.2, 0) is 0 Å². The van der Waals surface area contributed by atoms with Crippen molar-refractivity contribution < 1.29 is 9.72 Å². The molecule has 1 fully saturated rings. The van der Waals surface area contributed by atoms with E-state index < -0.39 is 4.92 Å². The van der Waals surface area contributed by atoms with Gasteiger partial charge >= 0.3 is 0 Å². The van der Waals surface area contributed by atoms with Crippen molar-refractivity contribution >= 4 is 23.2 Å². The highest BCUT2D eigenvalue weighted by Crippen LogP contribution is 2.27. The van der Waals surface area contributed by atoms with Crippen LogP contribution in [0.4, 0.5) is 5.69 Å². The van der Waals surface area contributed by atoms with Crippen LogP contribution in [0.25, 0.3) is 0 Å². The molecule has 21 heavy (non-hydrogen) atoms.